The number of nitrogens with one attached hydrogen (secondary N) is 1. The van der Waals surface area contributed by atoms with Crippen molar-refractivity contribution >= 4 is 0 Å². The molecule has 0 aliphatic carbocycles. The number of hydrogen-bond donors (Lipinski definition) is 1. The second-order valence-corrected chi connectivity index (χ2v) is 2.94. The molecule has 1 atom stereocenters. The Kier molecular flexibility index (Phi) is 4.24. The van der Waals surface area contributed by atoms with Gasteiger partial charge in [0.2, 0.25) is 0 Å². The molecule has 0 amide bonds. The summed E-state index contributed by atoms with van der Waals surface area (Å²) in [6, 6.07) is 0. The van der Waals surface area contributed by atoms with E-state index >= 15 is 0 Å². The number of ether oxygens (including phenoxy) is 1. The van der Waals surface area contributed by atoms with Crippen LogP contribution in [0.2, 0.25) is 0 Å². The minimum absolute atomic E-state index is 0.639. The Balaban J connectivity index is 2.24. The van der Waals surface area contributed by atoms with Gasteiger partial charge in [0.15, 0.2) is 0 Å². The number of hydrogen-bond acceptors (Lipinski definition) is 2. The van der Waals surface area contributed by atoms with Gasteiger partial charge in [-0.25, -0.2) is 0 Å². The van der Waals surface area contributed by atoms with Crippen LogP contribution in [0, 0.1) is 5.92 Å². The molecule has 64 valence electrons. The van der Waals surface area contributed by atoms with Crippen molar-refractivity contribution in [3.05, 3.63) is 12.7 Å². The van der Waals surface area contributed by atoms with Gasteiger partial charge >= 0.3 is 0 Å². The van der Waals surface area contributed by atoms with Gasteiger partial charge in [-0.05, 0) is 25.3 Å². The molecular weight excluding hydrogens is 138 g/mol. The zero-order valence-corrected chi connectivity index (χ0v) is 7.01. The first-order chi connectivity index (χ1) is 5.43. The molecule has 1 N–H and O–H groups in total. The summed E-state index contributed by atoms with van der Waals surface area (Å²) in [5.41, 5.74) is 0. The van der Waals surface area contributed by atoms with Gasteiger partial charge in [0, 0.05) is 13.2 Å². The van der Waals surface area contributed by atoms with Crippen LogP contribution >= 0.6 is 0 Å². The maximum absolute atomic E-state index is 5.38. The molecule has 0 aromatic carbocycles. The summed E-state index contributed by atoms with van der Waals surface area (Å²) in [6.45, 7) is 7.63. The fourth-order valence-corrected chi connectivity index (χ4v) is 1.27. The van der Waals surface area contributed by atoms with E-state index in [0.29, 0.717) is 5.92 Å². The van der Waals surface area contributed by atoms with Gasteiger partial charge in [-0.1, -0.05) is 6.08 Å². The normalized spacial score (nSPS) is 28.2. The van der Waals surface area contributed by atoms with Gasteiger partial charge in [0.05, 0.1) is 6.61 Å². The second kappa shape index (κ2) is 5.33. The number of rotatable bonds is 1. The van der Waals surface area contributed by atoms with Gasteiger partial charge in [0.25, 0.3) is 0 Å². The van der Waals surface area contributed by atoms with Gasteiger partial charge < -0.3 is 10.1 Å². The van der Waals surface area contributed by atoms with Crippen molar-refractivity contribution in [2.45, 2.75) is 12.8 Å². The van der Waals surface area contributed by atoms with Gasteiger partial charge in [-0.2, -0.15) is 0 Å². The first-order valence-electron chi connectivity index (χ1n) is 4.34. The molecule has 1 fully saturated rings. The molecule has 1 rings (SSSR count). The van der Waals surface area contributed by atoms with Crippen LogP contribution in [-0.4, -0.2) is 26.3 Å². The van der Waals surface area contributed by atoms with Gasteiger partial charge in [-0.15, -0.1) is 6.58 Å². The Labute approximate surface area is 68.6 Å². The van der Waals surface area contributed by atoms with Crippen LogP contribution in [0.15, 0.2) is 12.7 Å². The maximum Gasteiger partial charge on any atom is 0.0590 e. The van der Waals surface area contributed by atoms with Crippen LogP contribution in [0.3, 0.4) is 0 Å². The maximum atomic E-state index is 5.38. The Bertz CT molecular complexity index is 104. The van der Waals surface area contributed by atoms with E-state index in [1.807, 2.05) is 6.08 Å². The summed E-state index contributed by atoms with van der Waals surface area (Å²) in [5, 5.41) is 3.32. The van der Waals surface area contributed by atoms with E-state index in [-0.39, 0.29) is 0 Å². The average Bonchev–Trinajstić information content (AvgIpc) is 2.16. The zero-order valence-electron chi connectivity index (χ0n) is 7.01. The van der Waals surface area contributed by atoms with Crippen molar-refractivity contribution in [1.29, 1.82) is 0 Å². The lowest BCUT2D eigenvalue weighted by molar-refractivity contribution is 0.132. The lowest BCUT2D eigenvalue weighted by Crippen LogP contribution is -2.20. The lowest BCUT2D eigenvalue weighted by atomic mass is 10.0. The average molecular weight is 155 g/mol. The van der Waals surface area contributed by atoms with Crippen LogP contribution in [0.4, 0.5) is 0 Å². The molecule has 0 saturated carbocycles. The highest BCUT2D eigenvalue weighted by atomic mass is 16.5. The molecule has 1 saturated heterocycles. The molecule has 2 nitrogen and oxygen atoms in total. The molecule has 1 heterocycles. The first kappa shape index (κ1) is 8.75. The van der Waals surface area contributed by atoms with E-state index in [4.69, 9.17) is 4.74 Å². The second-order valence-electron chi connectivity index (χ2n) is 2.94. The first-order valence-corrected chi connectivity index (χ1v) is 4.34. The summed E-state index contributed by atoms with van der Waals surface area (Å²) in [7, 11) is 0. The third-order valence-electron chi connectivity index (χ3n) is 2.08. The third kappa shape index (κ3) is 3.54. The standard InChI is InChI=1S/C9H17NO/c1-2-9-3-5-10-6-8-11-7-4-9/h2,9-10H,1,3-8H2. The van der Waals surface area contributed by atoms with Crippen LogP contribution in [-0.2, 0) is 4.74 Å². The van der Waals surface area contributed by atoms with Crippen molar-refractivity contribution < 1.29 is 4.74 Å². The van der Waals surface area contributed by atoms with Crippen LogP contribution in [0.5, 0.6) is 0 Å². The molecular formula is C9H17NO. The summed E-state index contributed by atoms with van der Waals surface area (Å²) >= 11 is 0. The van der Waals surface area contributed by atoms with Crippen molar-refractivity contribution in [3.8, 4) is 0 Å². The lowest BCUT2D eigenvalue weighted by Gasteiger charge is -2.08. The van der Waals surface area contributed by atoms with Crippen LogP contribution in [0.1, 0.15) is 12.8 Å². The molecule has 0 bridgehead atoms. The van der Waals surface area contributed by atoms with Gasteiger partial charge in [0.1, 0.15) is 0 Å². The Morgan fingerprint density at radius 1 is 1.27 bits per heavy atom. The minimum Gasteiger partial charge on any atom is -0.380 e. The minimum atomic E-state index is 0.639. The van der Waals surface area contributed by atoms with Crippen LogP contribution in [0.25, 0.3) is 0 Å². The van der Waals surface area contributed by atoms with E-state index in [1.165, 1.54) is 6.42 Å². The molecule has 0 spiro atoms. The predicted molar refractivity (Wildman–Crippen MR) is 46.6 cm³/mol. The van der Waals surface area contributed by atoms with E-state index in [1.54, 1.807) is 0 Å². The molecule has 0 aromatic rings. The monoisotopic (exact) mass is 155 g/mol. The zero-order chi connectivity index (χ0) is 7.94. The molecule has 11 heavy (non-hydrogen) atoms. The van der Waals surface area contributed by atoms with E-state index in [0.717, 1.165) is 32.7 Å². The molecule has 1 aliphatic rings. The molecule has 1 unspecified atom stereocenters. The van der Waals surface area contributed by atoms with Crippen molar-refractivity contribution in [2.24, 2.45) is 5.92 Å². The van der Waals surface area contributed by atoms with E-state index < -0.39 is 0 Å². The fraction of sp³-hybridized carbons (Fsp3) is 0.778. The summed E-state index contributed by atoms with van der Waals surface area (Å²) in [6.07, 6.45) is 4.37. The van der Waals surface area contributed by atoms with E-state index in [2.05, 4.69) is 11.9 Å². The third-order valence-corrected chi connectivity index (χ3v) is 2.08. The smallest absolute Gasteiger partial charge is 0.0590 e. The highest BCUT2D eigenvalue weighted by molar-refractivity contribution is 4.79. The van der Waals surface area contributed by atoms with Gasteiger partial charge in [-0.3, -0.25) is 0 Å². The SMILES string of the molecule is C=CC1CCNCCOCC1. The number of allylic oxidation sites excluding steroid dienone is 1. The Morgan fingerprint density at radius 2 is 2.18 bits per heavy atom. The summed E-state index contributed by atoms with van der Waals surface area (Å²) in [4.78, 5) is 0. The molecule has 0 radical (unpaired) electrons. The Morgan fingerprint density at radius 3 is 3.00 bits per heavy atom. The summed E-state index contributed by atoms with van der Waals surface area (Å²) < 4.78 is 5.38. The topological polar surface area (TPSA) is 21.3 Å². The van der Waals surface area contributed by atoms with Crippen molar-refractivity contribution in [3.63, 3.8) is 0 Å². The van der Waals surface area contributed by atoms with Crippen LogP contribution < -0.4 is 5.32 Å². The molecule has 0 aromatic heterocycles. The highest BCUT2D eigenvalue weighted by Crippen LogP contribution is 2.09. The largest absolute Gasteiger partial charge is 0.380 e. The Hall–Kier alpha value is -0.340. The van der Waals surface area contributed by atoms with Crippen molar-refractivity contribution in [1.82, 2.24) is 5.32 Å². The van der Waals surface area contributed by atoms with E-state index in [9.17, 15) is 0 Å². The fourth-order valence-electron chi connectivity index (χ4n) is 1.27. The quantitative estimate of drug-likeness (QED) is 0.574. The predicted octanol–water partition coefficient (Wildman–Crippen LogP) is 1.19. The molecule has 2 heteroatoms. The molecule has 1 aliphatic heterocycles. The summed E-state index contributed by atoms with van der Waals surface area (Å²) in [5.74, 6) is 0.639. The van der Waals surface area contributed by atoms with Crippen molar-refractivity contribution in [2.75, 3.05) is 26.3 Å². The highest BCUT2D eigenvalue weighted by Gasteiger charge is 2.05.